The van der Waals surface area contributed by atoms with Crippen LogP contribution in [0.25, 0.3) is 0 Å². The Morgan fingerprint density at radius 2 is 2.27 bits per heavy atom. The molecule has 2 rings (SSSR count). The Labute approximate surface area is 91.6 Å². The molecule has 0 aromatic heterocycles. The van der Waals surface area contributed by atoms with E-state index in [1.54, 1.807) is 0 Å². The number of hydrogen-bond acceptors (Lipinski definition) is 2. The second-order valence-electron chi connectivity index (χ2n) is 4.82. The van der Waals surface area contributed by atoms with Gasteiger partial charge in [-0.3, -0.25) is 4.39 Å². The first-order chi connectivity index (χ1) is 7.33. The first kappa shape index (κ1) is 11.3. The van der Waals surface area contributed by atoms with Crippen LogP contribution in [0.15, 0.2) is 0 Å². The predicted molar refractivity (Wildman–Crippen MR) is 58.7 cm³/mol. The summed E-state index contributed by atoms with van der Waals surface area (Å²) in [4.78, 5) is 0. The lowest BCUT2D eigenvalue weighted by Gasteiger charge is -2.61. The molecule has 15 heavy (non-hydrogen) atoms. The number of alkyl halides is 1. The summed E-state index contributed by atoms with van der Waals surface area (Å²) < 4.78 is 17.7. The molecule has 0 aromatic carbocycles. The summed E-state index contributed by atoms with van der Waals surface area (Å²) in [5.74, 6) is 0. The molecule has 2 saturated carbocycles. The zero-order valence-electron chi connectivity index (χ0n) is 9.60. The van der Waals surface area contributed by atoms with Gasteiger partial charge in [-0.05, 0) is 39.2 Å². The van der Waals surface area contributed by atoms with Crippen LogP contribution in [-0.4, -0.2) is 32.0 Å². The summed E-state index contributed by atoms with van der Waals surface area (Å²) in [7, 11) is 0. The van der Waals surface area contributed by atoms with E-state index in [1.807, 2.05) is 0 Å². The molecule has 2 unspecified atom stereocenters. The van der Waals surface area contributed by atoms with Crippen molar-refractivity contribution in [3.63, 3.8) is 0 Å². The molecule has 0 amide bonds. The van der Waals surface area contributed by atoms with E-state index in [4.69, 9.17) is 4.74 Å². The van der Waals surface area contributed by atoms with Gasteiger partial charge in [-0.1, -0.05) is 6.42 Å². The van der Waals surface area contributed by atoms with Gasteiger partial charge >= 0.3 is 0 Å². The number of rotatable bonds is 6. The van der Waals surface area contributed by atoms with Crippen LogP contribution >= 0.6 is 0 Å². The third kappa shape index (κ3) is 1.92. The van der Waals surface area contributed by atoms with Crippen LogP contribution in [0.1, 0.15) is 39.0 Å². The summed E-state index contributed by atoms with van der Waals surface area (Å²) in [5, 5.41) is 3.48. The monoisotopic (exact) mass is 215 g/mol. The van der Waals surface area contributed by atoms with Gasteiger partial charge in [0.25, 0.3) is 0 Å². The Morgan fingerprint density at radius 1 is 1.47 bits per heavy atom. The number of nitrogens with one attached hydrogen (secondary N) is 1. The Morgan fingerprint density at radius 3 is 2.80 bits per heavy atom. The normalized spacial score (nSPS) is 32.4. The van der Waals surface area contributed by atoms with E-state index in [9.17, 15) is 4.39 Å². The Bertz CT molecular complexity index is 204. The van der Waals surface area contributed by atoms with Gasteiger partial charge in [-0.25, -0.2) is 0 Å². The van der Waals surface area contributed by atoms with Gasteiger partial charge < -0.3 is 10.1 Å². The smallest absolute Gasteiger partial charge is 0.0906 e. The van der Waals surface area contributed by atoms with E-state index in [0.717, 1.165) is 19.6 Å². The molecular weight excluding hydrogens is 193 g/mol. The number of ether oxygens (including phenoxy) is 1. The predicted octanol–water partition coefficient (Wildman–Crippen LogP) is 2.28. The van der Waals surface area contributed by atoms with Gasteiger partial charge in [0, 0.05) is 18.1 Å². The Hall–Kier alpha value is -0.150. The standard InChI is InChI=1S/C12H22FNO/c1-2-15-11-9-10(14-8-4-7-13)12(11)5-3-6-12/h10-11,14H,2-9H2,1H3. The molecule has 0 aromatic rings. The summed E-state index contributed by atoms with van der Waals surface area (Å²) >= 11 is 0. The van der Waals surface area contributed by atoms with Crippen molar-refractivity contribution in [3.8, 4) is 0 Å². The minimum atomic E-state index is -0.207. The van der Waals surface area contributed by atoms with Crippen molar-refractivity contribution in [2.45, 2.75) is 51.2 Å². The van der Waals surface area contributed by atoms with Gasteiger partial charge in [-0.15, -0.1) is 0 Å². The molecule has 0 bridgehead atoms. The Kier molecular flexibility index (Phi) is 3.62. The van der Waals surface area contributed by atoms with E-state index >= 15 is 0 Å². The maximum absolute atomic E-state index is 12.0. The molecule has 3 heteroatoms. The van der Waals surface area contributed by atoms with E-state index in [-0.39, 0.29) is 6.67 Å². The molecule has 88 valence electrons. The van der Waals surface area contributed by atoms with Crippen molar-refractivity contribution >= 4 is 0 Å². The zero-order chi connectivity index (χ0) is 10.7. The quantitative estimate of drug-likeness (QED) is 0.686. The van der Waals surface area contributed by atoms with Crippen molar-refractivity contribution in [1.82, 2.24) is 5.32 Å². The average molecular weight is 215 g/mol. The fraction of sp³-hybridized carbons (Fsp3) is 1.00. The molecule has 0 aliphatic heterocycles. The van der Waals surface area contributed by atoms with Crippen LogP contribution in [0.4, 0.5) is 4.39 Å². The fourth-order valence-electron chi connectivity index (χ4n) is 3.07. The third-order valence-electron chi connectivity index (χ3n) is 4.14. The molecule has 0 radical (unpaired) electrons. The molecule has 0 saturated heterocycles. The second-order valence-corrected chi connectivity index (χ2v) is 4.82. The van der Waals surface area contributed by atoms with Crippen molar-refractivity contribution in [3.05, 3.63) is 0 Å². The highest BCUT2D eigenvalue weighted by Crippen LogP contribution is 2.57. The maximum atomic E-state index is 12.0. The average Bonchev–Trinajstić information content (AvgIpc) is 2.12. The fourth-order valence-corrected chi connectivity index (χ4v) is 3.07. The largest absolute Gasteiger partial charge is 0.378 e. The topological polar surface area (TPSA) is 21.3 Å². The van der Waals surface area contributed by atoms with Gasteiger partial charge in [0.2, 0.25) is 0 Å². The zero-order valence-corrected chi connectivity index (χ0v) is 9.60. The highest BCUT2D eigenvalue weighted by molar-refractivity contribution is 5.11. The highest BCUT2D eigenvalue weighted by Gasteiger charge is 2.58. The SMILES string of the molecule is CCOC1CC(NCCCF)C12CCC2. The third-order valence-corrected chi connectivity index (χ3v) is 4.14. The van der Waals surface area contributed by atoms with Crippen LogP contribution in [0.3, 0.4) is 0 Å². The molecule has 2 aliphatic carbocycles. The van der Waals surface area contributed by atoms with Crippen LogP contribution in [0.2, 0.25) is 0 Å². The van der Waals surface area contributed by atoms with Gasteiger partial charge in [0.1, 0.15) is 0 Å². The molecular formula is C12H22FNO. The summed E-state index contributed by atoms with van der Waals surface area (Å²) in [6, 6.07) is 0.592. The van der Waals surface area contributed by atoms with E-state index < -0.39 is 0 Å². The first-order valence-electron chi connectivity index (χ1n) is 6.24. The number of halogens is 1. The maximum Gasteiger partial charge on any atom is 0.0906 e. The van der Waals surface area contributed by atoms with Crippen LogP contribution in [-0.2, 0) is 4.74 Å². The lowest BCUT2D eigenvalue weighted by molar-refractivity contribution is -0.172. The minimum Gasteiger partial charge on any atom is -0.378 e. The van der Waals surface area contributed by atoms with Crippen LogP contribution in [0.5, 0.6) is 0 Å². The Balaban J connectivity index is 1.77. The molecule has 1 N–H and O–H groups in total. The van der Waals surface area contributed by atoms with Crippen LogP contribution < -0.4 is 5.32 Å². The van der Waals surface area contributed by atoms with E-state index in [1.165, 1.54) is 19.3 Å². The first-order valence-corrected chi connectivity index (χ1v) is 6.24. The molecule has 0 heterocycles. The lowest BCUT2D eigenvalue weighted by atomic mass is 9.51. The molecule has 2 aliphatic rings. The van der Waals surface area contributed by atoms with Gasteiger partial charge in [-0.2, -0.15) is 0 Å². The second kappa shape index (κ2) is 4.79. The summed E-state index contributed by atoms with van der Waals surface area (Å²) in [5.41, 5.74) is 0.423. The summed E-state index contributed by atoms with van der Waals surface area (Å²) in [6.07, 6.45) is 6.17. The van der Waals surface area contributed by atoms with Crippen molar-refractivity contribution in [2.24, 2.45) is 5.41 Å². The lowest BCUT2D eigenvalue weighted by Crippen LogP contribution is -2.66. The summed E-state index contributed by atoms with van der Waals surface area (Å²) in [6.45, 7) is 3.50. The molecule has 2 nitrogen and oxygen atoms in total. The molecule has 2 fully saturated rings. The van der Waals surface area contributed by atoms with Gasteiger partial charge in [0.15, 0.2) is 0 Å². The van der Waals surface area contributed by atoms with Crippen molar-refractivity contribution < 1.29 is 9.13 Å². The molecule has 2 atom stereocenters. The number of hydrogen-bond donors (Lipinski definition) is 1. The minimum absolute atomic E-state index is 0.207. The molecule has 1 spiro atoms. The van der Waals surface area contributed by atoms with Crippen molar-refractivity contribution in [2.75, 3.05) is 19.8 Å². The van der Waals surface area contributed by atoms with Crippen LogP contribution in [0, 0.1) is 5.41 Å². The van der Waals surface area contributed by atoms with E-state index in [2.05, 4.69) is 12.2 Å². The van der Waals surface area contributed by atoms with E-state index in [0.29, 0.717) is 24.0 Å². The van der Waals surface area contributed by atoms with Gasteiger partial charge in [0.05, 0.1) is 12.8 Å². The van der Waals surface area contributed by atoms with Crippen molar-refractivity contribution in [1.29, 1.82) is 0 Å². The highest BCUT2D eigenvalue weighted by atomic mass is 19.1.